The first kappa shape index (κ1) is 10.1. The van der Waals surface area contributed by atoms with Gasteiger partial charge >= 0.3 is 0 Å². The van der Waals surface area contributed by atoms with Crippen molar-refractivity contribution in [3.05, 3.63) is 34.7 Å². The van der Waals surface area contributed by atoms with Gasteiger partial charge in [-0.05, 0) is 46.2 Å². The van der Waals surface area contributed by atoms with Gasteiger partial charge in [0.15, 0.2) is 0 Å². The zero-order chi connectivity index (χ0) is 10.0. The normalized spacial score (nSPS) is 12.2. The Balaban J connectivity index is 3.00. The smallest absolute Gasteiger partial charge is 0.0432 e. The van der Waals surface area contributed by atoms with Crippen LogP contribution in [-0.2, 0) is 6.54 Å². The van der Waals surface area contributed by atoms with E-state index in [9.17, 15) is 0 Å². The molecule has 0 amide bonds. The Morgan fingerprint density at radius 1 is 1.38 bits per heavy atom. The van der Waals surface area contributed by atoms with Gasteiger partial charge in [-0.25, -0.2) is 0 Å². The molecule has 1 aromatic rings. The summed E-state index contributed by atoms with van der Waals surface area (Å²) in [6, 6.07) is 2.25. The predicted octanol–water partition coefficient (Wildman–Crippen LogP) is 3.38. The number of hydrogen-bond acceptors (Lipinski definition) is 0. The molecule has 1 heterocycles. The monoisotopic (exact) mass is 177 g/mol. The Morgan fingerprint density at radius 2 is 2.00 bits per heavy atom. The second kappa shape index (κ2) is 3.82. The Bertz CT molecular complexity index is 329. The van der Waals surface area contributed by atoms with E-state index in [1.165, 1.54) is 22.5 Å². The summed E-state index contributed by atoms with van der Waals surface area (Å²) in [7, 11) is 0. The molecule has 1 rings (SSSR count). The van der Waals surface area contributed by atoms with Crippen molar-refractivity contribution in [3.8, 4) is 0 Å². The third-order valence-corrected chi connectivity index (χ3v) is 2.73. The molecule has 0 atom stereocenters. The minimum absolute atomic E-state index is 1.03. The summed E-state index contributed by atoms with van der Waals surface area (Å²) in [5.41, 5.74) is 5.55. The van der Waals surface area contributed by atoms with Gasteiger partial charge in [-0.1, -0.05) is 11.6 Å². The summed E-state index contributed by atoms with van der Waals surface area (Å²) in [6.45, 7) is 11.8. The standard InChI is InChI=1S/C12H19N/c1-6-9(2)8-13-11(4)7-10(3)12(13)5/h6-7H,8H2,1-5H3/b9-6+. The number of aryl methyl sites for hydroxylation is 2. The van der Waals surface area contributed by atoms with Crippen LogP contribution in [0.3, 0.4) is 0 Å². The highest BCUT2D eigenvalue weighted by Gasteiger charge is 2.04. The molecule has 0 spiro atoms. The number of hydrogen-bond donors (Lipinski definition) is 0. The van der Waals surface area contributed by atoms with Crippen molar-refractivity contribution in [1.29, 1.82) is 0 Å². The average molecular weight is 177 g/mol. The molecule has 0 N–H and O–H groups in total. The summed E-state index contributed by atoms with van der Waals surface area (Å²) in [6.07, 6.45) is 2.17. The van der Waals surface area contributed by atoms with Crippen LogP contribution >= 0.6 is 0 Å². The molecule has 1 nitrogen and oxygen atoms in total. The van der Waals surface area contributed by atoms with Crippen LogP contribution in [0.25, 0.3) is 0 Å². The van der Waals surface area contributed by atoms with E-state index in [4.69, 9.17) is 0 Å². The van der Waals surface area contributed by atoms with Gasteiger partial charge in [-0.3, -0.25) is 0 Å². The lowest BCUT2D eigenvalue weighted by atomic mass is 10.2. The van der Waals surface area contributed by atoms with E-state index in [0.29, 0.717) is 0 Å². The first-order valence-electron chi connectivity index (χ1n) is 4.81. The van der Waals surface area contributed by atoms with Gasteiger partial charge in [0.1, 0.15) is 0 Å². The lowest BCUT2D eigenvalue weighted by Crippen LogP contribution is -2.03. The van der Waals surface area contributed by atoms with Crippen LogP contribution in [0.1, 0.15) is 30.8 Å². The molecule has 0 fully saturated rings. The van der Waals surface area contributed by atoms with Crippen LogP contribution in [0.15, 0.2) is 17.7 Å². The van der Waals surface area contributed by atoms with Gasteiger partial charge in [0.2, 0.25) is 0 Å². The van der Waals surface area contributed by atoms with E-state index in [1.54, 1.807) is 0 Å². The van der Waals surface area contributed by atoms with Crippen molar-refractivity contribution < 1.29 is 0 Å². The Labute approximate surface area is 81.1 Å². The molecule has 0 aliphatic heterocycles. The van der Waals surface area contributed by atoms with Crippen molar-refractivity contribution in [2.75, 3.05) is 0 Å². The molecule has 0 radical (unpaired) electrons. The van der Waals surface area contributed by atoms with E-state index in [0.717, 1.165) is 6.54 Å². The Morgan fingerprint density at radius 3 is 2.38 bits per heavy atom. The molecule has 72 valence electrons. The zero-order valence-electron chi connectivity index (χ0n) is 9.31. The molecule has 1 heteroatoms. The van der Waals surface area contributed by atoms with Crippen LogP contribution in [0.2, 0.25) is 0 Å². The first-order chi connectivity index (χ1) is 6.06. The minimum atomic E-state index is 1.03. The molecule has 13 heavy (non-hydrogen) atoms. The van der Waals surface area contributed by atoms with Crippen LogP contribution in [0, 0.1) is 20.8 Å². The molecule has 0 aliphatic carbocycles. The summed E-state index contributed by atoms with van der Waals surface area (Å²) < 4.78 is 2.37. The van der Waals surface area contributed by atoms with Crippen molar-refractivity contribution in [2.45, 2.75) is 41.2 Å². The highest BCUT2D eigenvalue weighted by Crippen LogP contribution is 2.15. The van der Waals surface area contributed by atoms with Gasteiger partial charge in [0.25, 0.3) is 0 Å². The number of rotatable bonds is 2. The van der Waals surface area contributed by atoms with Crippen LogP contribution < -0.4 is 0 Å². The SMILES string of the molecule is C/C=C(\C)Cn1c(C)cc(C)c1C. The van der Waals surface area contributed by atoms with Gasteiger partial charge in [0, 0.05) is 17.9 Å². The fraction of sp³-hybridized carbons (Fsp3) is 0.500. The largest absolute Gasteiger partial charge is 0.345 e. The molecule has 0 unspecified atom stereocenters. The van der Waals surface area contributed by atoms with E-state index >= 15 is 0 Å². The highest BCUT2D eigenvalue weighted by molar-refractivity contribution is 5.26. The van der Waals surface area contributed by atoms with Gasteiger partial charge in [0.05, 0.1) is 0 Å². The number of aromatic nitrogens is 1. The summed E-state index contributed by atoms with van der Waals surface area (Å²) >= 11 is 0. The van der Waals surface area contributed by atoms with Gasteiger partial charge in [-0.2, -0.15) is 0 Å². The van der Waals surface area contributed by atoms with Crippen LogP contribution in [0.5, 0.6) is 0 Å². The summed E-state index contributed by atoms with van der Waals surface area (Å²) in [4.78, 5) is 0. The van der Waals surface area contributed by atoms with Crippen molar-refractivity contribution in [2.24, 2.45) is 0 Å². The molecular weight excluding hydrogens is 158 g/mol. The van der Waals surface area contributed by atoms with E-state index in [2.05, 4.69) is 51.3 Å². The summed E-state index contributed by atoms with van der Waals surface area (Å²) in [5.74, 6) is 0. The fourth-order valence-electron chi connectivity index (χ4n) is 1.56. The molecule has 0 aliphatic rings. The van der Waals surface area contributed by atoms with Crippen molar-refractivity contribution in [1.82, 2.24) is 4.57 Å². The quantitative estimate of drug-likeness (QED) is 0.610. The molecule has 0 aromatic carbocycles. The number of nitrogens with zero attached hydrogens (tertiary/aromatic N) is 1. The van der Waals surface area contributed by atoms with Crippen molar-refractivity contribution >= 4 is 0 Å². The van der Waals surface area contributed by atoms with Crippen molar-refractivity contribution in [3.63, 3.8) is 0 Å². The second-order valence-electron chi connectivity index (χ2n) is 3.78. The minimum Gasteiger partial charge on any atom is -0.345 e. The van der Waals surface area contributed by atoms with Gasteiger partial charge < -0.3 is 4.57 Å². The third-order valence-electron chi connectivity index (χ3n) is 2.73. The second-order valence-corrected chi connectivity index (χ2v) is 3.78. The predicted molar refractivity (Wildman–Crippen MR) is 58.1 cm³/mol. The van der Waals surface area contributed by atoms with Crippen LogP contribution in [-0.4, -0.2) is 4.57 Å². The fourth-order valence-corrected chi connectivity index (χ4v) is 1.56. The van der Waals surface area contributed by atoms with E-state index in [-0.39, 0.29) is 0 Å². The Kier molecular flexibility index (Phi) is 2.97. The van der Waals surface area contributed by atoms with Gasteiger partial charge in [-0.15, -0.1) is 0 Å². The average Bonchev–Trinajstić information content (AvgIpc) is 2.32. The molecule has 0 saturated heterocycles. The maximum Gasteiger partial charge on any atom is 0.0432 e. The molecule has 0 saturated carbocycles. The number of allylic oxidation sites excluding steroid dienone is 2. The first-order valence-corrected chi connectivity index (χ1v) is 4.81. The lowest BCUT2D eigenvalue weighted by Gasteiger charge is -2.09. The maximum absolute atomic E-state index is 2.37. The highest BCUT2D eigenvalue weighted by atomic mass is 15.0. The molecule has 0 bridgehead atoms. The van der Waals surface area contributed by atoms with E-state index in [1.807, 2.05) is 0 Å². The lowest BCUT2D eigenvalue weighted by molar-refractivity contribution is 0.734. The summed E-state index contributed by atoms with van der Waals surface area (Å²) in [5, 5.41) is 0. The Hall–Kier alpha value is -0.980. The molecule has 1 aromatic heterocycles. The van der Waals surface area contributed by atoms with E-state index < -0.39 is 0 Å². The molecular formula is C12H19N. The van der Waals surface area contributed by atoms with Crippen LogP contribution in [0.4, 0.5) is 0 Å². The topological polar surface area (TPSA) is 4.93 Å². The maximum atomic E-state index is 2.37. The zero-order valence-corrected chi connectivity index (χ0v) is 9.31. The third kappa shape index (κ3) is 2.03.